The molecule has 2 rings (SSSR count). The molecule has 0 bridgehead atoms. The van der Waals surface area contributed by atoms with E-state index in [9.17, 15) is 9.59 Å². The predicted octanol–water partition coefficient (Wildman–Crippen LogP) is 3.57. The number of hydrogen-bond donors (Lipinski definition) is 0. The number of halogens is 1. The zero-order chi connectivity index (χ0) is 15.2. The molecule has 114 valence electrons. The number of para-hydroxylation sites is 1. The highest BCUT2D eigenvalue weighted by atomic mass is 35.5. The van der Waals surface area contributed by atoms with Crippen molar-refractivity contribution in [3.63, 3.8) is 0 Å². The molecule has 0 unspecified atom stereocenters. The summed E-state index contributed by atoms with van der Waals surface area (Å²) in [5.74, 6) is -0.670. The first-order valence-corrected chi connectivity index (χ1v) is 7.67. The van der Waals surface area contributed by atoms with Gasteiger partial charge in [0.15, 0.2) is 6.61 Å². The van der Waals surface area contributed by atoms with E-state index >= 15 is 0 Å². The van der Waals surface area contributed by atoms with Crippen molar-refractivity contribution in [2.45, 2.75) is 45.1 Å². The maximum Gasteiger partial charge on any atom is 0.303 e. The molecule has 1 amide bonds. The van der Waals surface area contributed by atoms with Crippen LogP contribution in [0.15, 0.2) is 24.3 Å². The van der Waals surface area contributed by atoms with Crippen molar-refractivity contribution < 1.29 is 14.3 Å². The van der Waals surface area contributed by atoms with E-state index in [2.05, 4.69) is 0 Å². The third-order valence-electron chi connectivity index (χ3n) is 3.72. The summed E-state index contributed by atoms with van der Waals surface area (Å²) >= 11 is 6.24. The number of carbonyl (C=O) groups is 2. The maximum atomic E-state index is 12.5. The van der Waals surface area contributed by atoms with E-state index in [-0.39, 0.29) is 18.6 Å². The first kappa shape index (κ1) is 15.8. The summed E-state index contributed by atoms with van der Waals surface area (Å²) in [5.41, 5.74) is 0.697. The Hall–Kier alpha value is -1.55. The second-order valence-electron chi connectivity index (χ2n) is 5.29. The van der Waals surface area contributed by atoms with Gasteiger partial charge in [0.05, 0.1) is 10.7 Å². The topological polar surface area (TPSA) is 46.6 Å². The van der Waals surface area contributed by atoms with Gasteiger partial charge in [-0.1, -0.05) is 43.0 Å². The van der Waals surface area contributed by atoms with E-state index in [1.807, 2.05) is 18.2 Å². The van der Waals surface area contributed by atoms with Crippen LogP contribution in [0, 0.1) is 0 Å². The van der Waals surface area contributed by atoms with Gasteiger partial charge in [-0.15, -0.1) is 0 Å². The van der Waals surface area contributed by atoms with Gasteiger partial charge in [0.25, 0.3) is 5.91 Å². The fourth-order valence-electron chi connectivity index (χ4n) is 2.75. The number of ether oxygens (including phenoxy) is 1. The van der Waals surface area contributed by atoms with Gasteiger partial charge >= 0.3 is 5.97 Å². The monoisotopic (exact) mass is 309 g/mol. The second kappa shape index (κ2) is 7.46. The zero-order valence-electron chi connectivity index (χ0n) is 12.2. The fraction of sp³-hybridized carbons (Fsp3) is 0.500. The lowest BCUT2D eigenvalue weighted by atomic mass is 9.93. The van der Waals surface area contributed by atoms with Crippen LogP contribution in [0.1, 0.15) is 39.0 Å². The van der Waals surface area contributed by atoms with Crippen LogP contribution in [0.4, 0.5) is 5.69 Å². The third kappa shape index (κ3) is 4.21. The number of esters is 1. The molecule has 0 N–H and O–H groups in total. The standard InChI is InChI=1S/C16H20ClNO3/c1-12(19)21-11-16(20)18(13-7-3-2-4-8-13)15-10-6-5-9-14(15)17/h5-6,9-10,13H,2-4,7-8,11H2,1H3. The number of amides is 1. The lowest BCUT2D eigenvalue weighted by molar-refractivity contribution is -0.145. The minimum atomic E-state index is -0.453. The first-order valence-electron chi connectivity index (χ1n) is 7.29. The lowest BCUT2D eigenvalue weighted by Gasteiger charge is -2.34. The minimum absolute atomic E-state index is 0.127. The summed E-state index contributed by atoms with van der Waals surface area (Å²) in [7, 11) is 0. The Morgan fingerprint density at radius 2 is 1.90 bits per heavy atom. The number of carbonyl (C=O) groups excluding carboxylic acids is 2. The van der Waals surface area contributed by atoms with Crippen LogP contribution in [-0.2, 0) is 14.3 Å². The highest BCUT2D eigenvalue weighted by Gasteiger charge is 2.28. The van der Waals surface area contributed by atoms with Crippen LogP contribution in [-0.4, -0.2) is 24.5 Å². The molecule has 1 aliphatic rings. The van der Waals surface area contributed by atoms with E-state index in [1.54, 1.807) is 11.0 Å². The molecular formula is C16H20ClNO3. The molecule has 0 heterocycles. The number of anilines is 1. The summed E-state index contributed by atoms with van der Waals surface area (Å²) in [6.07, 6.45) is 5.32. The van der Waals surface area contributed by atoms with Crippen molar-refractivity contribution in [1.29, 1.82) is 0 Å². The molecule has 1 fully saturated rings. The van der Waals surface area contributed by atoms with E-state index < -0.39 is 5.97 Å². The Kier molecular flexibility index (Phi) is 5.62. The Morgan fingerprint density at radius 3 is 2.52 bits per heavy atom. The molecular weight excluding hydrogens is 290 g/mol. The Balaban J connectivity index is 2.23. The van der Waals surface area contributed by atoms with Crippen molar-refractivity contribution >= 4 is 29.2 Å². The average molecular weight is 310 g/mol. The number of rotatable bonds is 4. The predicted molar refractivity (Wildman–Crippen MR) is 82.4 cm³/mol. The van der Waals surface area contributed by atoms with E-state index in [1.165, 1.54) is 13.3 Å². The number of benzene rings is 1. The van der Waals surface area contributed by atoms with E-state index in [0.717, 1.165) is 25.7 Å². The molecule has 5 heteroatoms. The summed E-state index contributed by atoms with van der Waals surface area (Å²) in [4.78, 5) is 25.1. The fourth-order valence-corrected chi connectivity index (χ4v) is 2.98. The number of nitrogens with zero attached hydrogens (tertiary/aromatic N) is 1. The summed E-state index contributed by atoms with van der Waals surface area (Å²) < 4.78 is 4.86. The molecule has 0 atom stereocenters. The molecule has 0 aromatic heterocycles. The van der Waals surface area contributed by atoms with Gasteiger partial charge in [0, 0.05) is 13.0 Å². The van der Waals surface area contributed by atoms with Gasteiger partial charge in [0.1, 0.15) is 0 Å². The summed E-state index contributed by atoms with van der Waals surface area (Å²) in [6, 6.07) is 7.42. The largest absolute Gasteiger partial charge is 0.456 e. The van der Waals surface area contributed by atoms with Gasteiger partial charge < -0.3 is 9.64 Å². The highest BCUT2D eigenvalue weighted by molar-refractivity contribution is 6.33. The molecule has 1 saturated carbocycles. The maximum absolute atomic E-state index is 12.5. The molecule has 1 aliphatic carbocycles. The lowest BCUT2D eigenvalue weighted by Crippen LogP contribution is -2.44. The highest BCUT2D eigenvalue weighted by Crippen LogP contribution is 2.32. The smallest absolute Gasteiger partial charge is 0.303 e. The van der Waals surface area contributed by atoms with Gasteiger partial charge in [0.2, 0.25) is 0 Å². The van der Waals surface area contributed by atoms with Crippen molar-refractivity contribution in [3.8, 4) is 0 Å². The Morgan fingerprint density at radius 1 is 1.24 bits per heavy atom. The Labute approximate surface area is 130 Å². The van der Waals surface area contributed by atoms with Crippen molar-refractivity contribution in [2.24, 2.45) is 0 Å². The third-order valence-corrected chi connectivity index (χ3v) is 4.04. The van der Waals surface area contributed by atoms with Crippen LogP contribution in [0.5, 0.6) is 0 Å². The normalized spacial score (nSPS) is 15.5. The van der Waals surface area contributed by atoms with E-state index in [0.29, 0.717) is 10.7 Å². The SMILES string of the molecule is CC(=O)OCC(=O)N(c1ccccc1Cl)C1CCCCC1. The summed E-state index contributed by atoms with van der Waals surface area (Å²) in [5, 5.41) is 0.541. The average Bonchev–Trinajstić information content (AvgIpc) is 2.48. The molecule has 1 aromatic rings. The second-order valence-corrected chi connectivity index (χ2v) is 5.69. The van der Waals surface area contributed by atoms with E-state index in [4.69, 9.17) is 16.3 Å². The molecule has 21 heavy (non-hydrogen) atoms. The van der Waals surface area contributed by atoms with Crippen LogP contribution >= 0.6 is 11.6 Å². The van der Waals surface area contributed by atoms with Crippen LogP contribution in [0.2, 0.25) is 5.02 Å². The molecule has 0 aliphatic heterocycles. The first-order chi connectivity index (χ1) is 10.1. The van der Waals surface area contributed by atoms with Crippen molar-refractivity contribution in [2.75, 3.05) is 11.5 Å². The molecule has 0 saturated heterocycles. The molecule has 4 nitrogen and oxygen atoms in total. The van der Waals surface area contributed by atoms with Gasteiger partial charge in [-0.3, -0.25) is 9.59 Å². The van der Waals surface area contributed by atoms with Crippen molar-refractivity contribution in [3.05, 3.63) is 29.3 Å². The number of hydrogen-bond acceptors (Lipinski definition) is 3. The molecule has 1 aromatic carbocycles. The van der Waals surface area contributed by atoms with Crippen LogP contribution < -0.4 is 4.90 Å². The van der Waals surface area contributed by atoms with Gasteiger partial charge in [-0.25, -0.2) is 0 Å². The Bertz CT molecular complexity index is 512. The van der Waals surface area contributed by atoms with Gasteiger partial charge in [-0.2, -0.15) is 0 Å². The van der Waals surface area contributed by atoms with Crippen LogP contribution in [0.3, 0.4) is 0 Å². The summed E-state index contributed by atoms with van der Waals surface area (Å²) in [6.45, 7) is 1.06. The van der Waals surface area contributed by atoms with Crippen molar-refractivity contribution in [1.82, 2.24) is 0 Å². The zero-order valence-corrected chi connectivity index (χ0v) is 12.9. The van der Waals surface area contributed by atoms with Crippen LogP contribution in [0.25, 0.3) is 0 Å². The molecule has 0 radical (unpaired) electrons. The molecule has 0 spiro atoms. The van der Waals surface area contributed by atoms with Gasteiger partial charge in [-0.05, 0) is 25.0 Å². The minimum Gasteiger partial charge on any atom is -0.456 e. The quantitative estimate of drug-likeness (QED) is 0.799.